The first-order valence-corrected chi connectivity index (χ1v) is 11.9. The summed E-state index contributed by atoms with van der Waals surface area (Å²) in [5, 5.41) is 7.61. The van der Waals surface area contributed by atoms with Crippen molar-refractivity contribution in [2.75, 3.05) is 7.05 Å². The van der Waals surface area contributed by atoms with Gasteiger partial charge >= 0.3 is 0 Å². The zero-order valence-corrected chi connectivity index (χ0v) is 19.5. The molecule has 2 N–H and O–H groups in total. The summed E-state index contributed by atoms with van der Waals surface area (Å²) in [4.78, 5) is 2.37. The van der Waals surface area contributed by atoms with Crippen molar-refractivity contribution in [1.82, 2.24) is 15.5 Å². The van der Waals surface area contributed by atoms with Crippen LogP contribution in [-0.4, -0.2) is 44.0 Å². The minimum atomic E-state index is 0.482. The van der Waals surface area contributed by atoms with Crippen LogP contribution in [0.2, 0.25) is 6.32 Å². The van der Waals surface area contributed by atoms with Gasteiger partial charge in [0.05, 0.1) is 0 Å². The van der Waals surface area contributed by atoms with Gasteiger partial charge in [0.25, 0.3) is 0 Å². The fraction of sp³-hybridized carbons (Fsp3) is 0.680. The van der Waals surface area contributed by atoms with E-state index in [-0.39, 0.29) is 0 Å². The predicted octanol–water partition coefficient (Wildman–Crippen LogP) is 4.42. The quantitative estimate of drug-likeness (QED) is 0.274. The van der Waals surface area contributed by atoms with Crippen molar-refractivity contribution in [3.8, 4) is 0 Å². The molecular weight excluding hydrogens is 353 g/mol. The Kier molecular flexibility index (Phi) is 10.1. The second-order valence-corrected chi connectivity index (χ2v) is 9.07. The van der Waals surface area contributed by atoms with Gasteiger partial charge in [-0.25, -0.2) is 0 Å². The third kappa shape index (κ3) is 7.40. The first kappa shape index (κ1) is 23.9. The van der Waals surface area contributed by atoms with Crippen molar-refractivity contribution >= 4 is 7.85 Å². The molecule has 0 radical (unpaired) electrons. The molecule has 0 aliphatic heterocycles. The van der Waals surface area contributed by atoms with Gasteiger partial charge in [-0.1, -0.05) is 45.2 Å². The van der Waals surface area contributed by atoms with Gasteiger partial charge in [-0.2, -0.15) is 0 Å². The molecule has 3 nitrogen and oxygen atoms in total. The largest absolute Gasteiger partial charge is 0.382 e. The molecule has 6 unspecified atom stereocenters. The molecule has 0 spiro atoms. The molecule has 6 atom stereocenters. The van der Waals surface area contributed by atoms with E-state index in [0.29, 0.717) is 24.2 Å². The minimum absolute atomic E-state index is 0.482. The number of hydrogen-bond acceptors (Lipinski definition) is 3. The molecule has 2 fully saturated rings. The monoisotopic (exact) mass is 397 g/mol. The lowest BCUT2D eigenvalue weighted by Gasteiger charge is -2.28. The molecule has 0 saturated heterocycles. The lowest BCUT2D eigenvalue weighted by molar-refractivity contribution is 0.315. The summed E-state index contributed by atoms with van der Waals surface area (Å²) in [6, 6.07) is 2.42. The van der Waals surface area contributed by atoms with Gasteiger partial charge in [0, 0.05) is 30.9 Å². The van der Waals surface area contributed by atoms with Crippen molar-refractivity contribution in [2.24, 2.45) is 11.8 Å². The van der Waals surface area contributed by atoms with Crippen LogP contribution in [0.1, 0.15) is 59.3 Å². The Morgan fingerprint density at radius 3 is 2.72 bits per heavy atom. The maximum atomic E-state index is 4.00. The molecule has 0 aromatic carbocycles. The summed E-state index contributed by atoms with van der Waals surface area (Å²) >= 11 is 0. The van der Waals surface area contributed by atoms with Gasteiger partial charge in [0.2, 0.25) is 0 Å². The smallest absolute Gasteiger partial charge is 0.103 e. The molecule has 0 aromatic rings. The normalized spacial score (nSPS) is 29.3. The fourth-order valence-corrected chi connectivity index (χ4v) is 4.87. The van der Waals surface area contributed by atoms with Crippen LogP contribution in [0.3, 0.4) is 0 Å². The van der Waals surface area contributed by atoms with E-state index in [1.54, 1.807) is 0 Å². The van der Waals surface area contributed by atoms with E-state index in [4.69, 9.17) is 0 Å². The zero-order valence-electron chi connectivity index (χ0n) is 19.5. The highest BCUT2D eigenvalue weighted by atomic mass is 15.2. The first-order chi connectivity index (χ1) is 14.0. The van der Waals surface area contributed by atoms with Crippen LogP contribution < -0.4 is 10.6 Å². The summed E-state index contributed by atoms with van der Waals surface area (Å²) in [6.45, 7) is 10.8. The molecule has 0 amide bonds. The van der Waals surface area contributed by atoms with E-state index < -0.39 is 0 Å². The predicted molar refractivity (Wildman–Crippen MR) is 131 cm³/mol. The number of rotatable bonds is 13. The Hall–Kier alpha value is -1.42. The third-order valence-electron chi connectivity index (χ3n) is 6.88. The summed E-state index contributed by atoms with van der Waals surface area (Å²) in [5.74, 6) is 1.55. The Morgan fingerprint density at radius 1 is 1.34 bits per heavy atom. The van der Waals surface area contributed by atoms with Gasteiger partial charge in [-0.3, -0.25) is 0 Å². The summed E-state index contributed by atoms with van der Waals surface area (Å²) in [6.07, 6.45) is 21.8. The van der Waals surface area contributed by atoms with Crippen molar-refractivity contribution in [2.45, 2.75) is 89.8 Å². The van der Waals surface area contributed by atoms with Crippen LogP contribution in [0.25, 0.3) is 0 Å². The van der Waals surface area contributed by atoms with E-state index >= 15 is 0 Å². The molecule has 2 aliphatic carbocycles. The maximum absolute atomic E-state index is 4.00. The van der Waals surface area contributed by atoms with Crippen LogP contribution >= 0.6 is 0 Å². The summed E-state index contributed by atoms with van der Waals surface area (Å²) in [7, 11) is 4.47. The lowest BCUT2D eigenvalue weighted by atomic mass is 9.88. The molecular formula is C25H44BN3. The van der Waals surface area contributed by atoms with Gasteiger partial charge in [0.15, 0.2) is 0 Å². The molecule has 2 rings (SSSR count). The molecule has 0 bridgehead atoms. The van der Waals surface area contributed by atoms with Crippen LogP contribution in [-0.2, 0) is 0 Å². The standard InChI is InChI=1S/C25H44BN3/c1-6-11-21(28-23(12-7-2)22-15-9-13-19(22)4)14-10-16-29(5)25-17-24(25)27-20(8-3)18-26/h6-7,10-11,14,16,19-20,22-25,27-28H,2,8-9,12-13,15,17-18,26H2,1,3-5H3/b11-6+,16-10-,21-14+. The molecule has 2 aliphatic rings. The molecule has 0 heterocycles. The number of likely N-dealkylation sites (N-methyl/N-ethyl adjacent to an activating group) is 1. The van der Waals surface area contributed by atoms with Crippen molar-refractivity contribution < 1.29 is 0 Å². The number of nitrogens with zero attached hydrogens (tertiary/aromatic N) is 1. The average molecular weight is 397 g/mol. The van der Waals surface area contributed by atoms with Crippen molar-refractivity contribution in [1.29, 1.82) is 0 Å². The van der Waals surface area contributed by atoms with Crippen molar-refractivity contribution in [3.63, 3.8) is 0 Å². The Balaban J connectivity index is 1.93. The average Bonchev–Trinajstić information content (AvgIpc) is 3.36. The Morgan fingerprint density at radius 2 is 2.14 bits per heavy atom. The number of nitrogens with one attached hydrogen (secondary N) is 2. The first-order valence-electron chi connectivity index (χ1n) is 11.9. The van der Waals surface area contributed by atoms with E-state index in [9.17, 15) is 0 Å². The van der Waals surface area contributed by atoms with Gasteiger partial charge in [-0.05, 0) is 74.9 Å². The van der Waals surface area contributed by atoms with Gasteiger partial charge < -0.3 is 15.5 Å². The minimum Gasteiger partial charge on any atom is -0.382 e. The highest BCUT2D eigenvalue weighted by molar-refractivity contribution is 6.08. The second kappa shape index (κ2) is 12.3. The van der Waals surface area contributed by atoms with Gasteiger partial charge in [0.1, 0.15) is 7.85 Å². The van der Waals surface area contributed by atoms with Crippen LogP contribution in [0, 0.1) is 11.8 Å². The highest BCUT2D eigenvalue weighted by Crippen LogP contribution is 2.35. The number of allylic oxidation sites excluding steroid dienone is 4. The fourth-order valence-electron chi connectivity index (χ4n) is 4.87. The van der Waals surface area contributed by atoms with Crippen LogP contribution in [0.5, 0.6) is 0 Å². The molecule has 29 heavy (non-hydrogen) atoms. The lowest BCUT2D eigenvalue weighted by Crippen LogP contribution is -2.36. The summed E-state index contributed by atoms with van der Waals surface area (Å²) in [5.41, 5.74) is 1.20. The molecule has 4 heteroatoms. The molecule has 0 aromatic heterocycles. The maximum Gasteiger partial charge on any atom is 0.103 e. The third-order valence-corrected chi connectivity index (χ3v) is 6.88. The zero-order chi connectivity index (χ0) is 21.2. The van der Waals surface area contributed by atoms with E-state index in [1.807, 2.05) is 0 Å². The van der Waals surface area contributed by atoms with E-state index in [1.165, 1.54) is 44.1 Å². The Labute approximate surface area is 181 Å². The van der Waals surface area contributed by atoms with Crippen molar-refractivity contribution in [3.05, 3.63) is 48.9 Å². The Bertz CT molecular complexity index is 579. The molecule has 162 valence electrons. The highest BCUT2D eigenvalue weighted by Gasteiger charge is 2.39. The second-order valence-electron chi connectivity index (χ2n) is 9.07. The molecule has 2 saturated carbocycles. The van der Waals surface area contributed by atoms with Gasteiger partial charge in [-0.15, -0.1) is 6.58 Å². The van der Waals surface area contributed by atoms with Crippen LogP contribution in [0.15, 0.2) is 48.9 Å². The SMILES string of the molecule is BCC(CC)NC1CC1N(C)\C=C/C=C(\C=C\C)NC(CC=C)C1CCCC1C. The van der Waals surface area contributed by atoms with E-state index in [0.717, 1.165) is 18.3 Å². The van der Waals surface area contributed by atoms with Crippen LogP contribution in [0.4, 0.5) is 0 Å². The van der Waals surface area contributed by atoms with E-state index in [2.05, 4.69) is 94.4 Å². The summed E-state index contributed by atoms with van der Waals surface area (Å²) < 4.78 is 0. The number of hydrogen-bond donors (Lipinski definition) is 2. The topological polar surface area (TPSA) is 27.3 Å².